The van der Waals surface area contributed by atoms with Crippen LogP contribution in [0.1, 0.15) is 24.8 Å². The molecule has 2 nitrogen and oxygen atoms in total. The summed E-state index contributed by atoms with van der Waals surface area (Å²) in [7, 11) is 0. The maximum absolute atomic E-state index is 11.5. The van der Waals surface area contributed by atoms with E-state index in [9.17, 15) is 4.79 Å². The van der Waals surface area contributed by atoms with E-state index in [0.29, 0.717) is 12.8 Å². The van der Waals surface area contributed by atoms with Crippen LogP contribution >= 0.6 is 0 Å². The highest BCUT2D eigenvalue weighted by Gasteiger charge is 2.02. The molecule has 0 heterocycles. The van der Waals surface area contributed by atoms with E-state index >= 15 is 0 Å². The SMILES string of the molecule is C=CCCCC(=O)Cc1ccc(N)cc1. The van der Waals surface area contributed by atoms with Crippen molar-refractivity contribution >= 4 is 11.5 Å². The normalized spacial score (nSPS) is 9.87. The molecule has 0 fully saturated rings. The molecule has 0 aliphatic rings. The summed E-state index contributed by atoms with van der Waals surface area (Å²) in [6.07, 6.45) is 4.80. The molecule has 0 aromatic heterocycles. The van der Waals surface area contributed by atoms with Gasteiger partial charge in [-0.3, -0.25) is 4.79 Å². The van der Waals surface area contributed by atoms with Crippen molar-refractivity contribution in [2.24, 2.45) is 0 Å². The van der Waals surface area contributed by atoms with Gasteiger partial charge in [-0.15, -0.1) is 6.58 Å². The molecular weight excluding hydrogens is 186 g/mol. The molecule has 80 valence electrons. The molecule has 0 aliphatic carbocycles. The minimum Gasteiger partial charge on any atom is -0.399 e. The lowest BCUT2D eigenvalue weighted by Gasteiger charge is -2.01. The smallest absolute Gasteiger partial charge is 0.137 e. The van der Waals surface area contributed by atoms with E-state index in [1.165, 1.54) is 0 Å². The minimum atomic E-state index is 0.279. The zero-order valence-electron chi connectivity index (χ0n) is 8.91. The molecule has 2 heteroatoms. The van der Waals surface area contributed by atoms with Crippen molar-refractivity contribution in [2.45, 2.75) is 25.7 Å². The van der Waals surface area contributed by atoms with Crippen LogP contribution < -0.4 is 5.73 Å². The number of ketones is 1. The summed E-state index contributed by atoms with van der Waals surface area (Å²) in [5.41, 5.74) is 7.33. The Kier molecular flexibility index (Phi) is 4.61. The number of unbranched alkanes of at least 4 members (excludes halogenated alkanes) is 1. The lowest BCUT2D eigenvalue weighted by Crippen LogP contribution is -2.02. The predicted molar refractivity (Wildman–Crippen MR) is 63.6 cm³/mol. The topological polar surface area (TPSA) is 43.1 Å². The van der Waals surface area contributed by atoms with Gasteiger partial charge < -0.3 is 5.73 Å². The Morgan fingerprint density at radius 1 is 1.33 bits per heavy atom. The maximum atomic E-state index is 11.5. The number of hydrogen-bond acceptors (Lipinski definition) is 2. The summed E-state index contributed by atoms with van der Waals surface area (Å²) < 4.78 is 0. The molecule has 0 saturated carbocycles. The Bertz CT molecular complexity index is 327. The molecule has 0 spiro atoms. The van der Waals surface area contributed by atoms with Crippen LogP contribution in [0.4, 0.5) is 5.69 Å². The molecule has 0 bridgehead atoms. The van der Waals surface area contributed by atoms with Crippen LogP contribution in [0.2, 0.25) is 0 Å². The number of nitrogens with two attached hydrogens (primary N) is 1. The Morgan fingerprint density at radius 3 is 2.60 bits per heavy atom. The third-order valence-electron chi connectivity index (χ3n) is 2.24. The zero-order chi connectivity index (χ0) is 11.1. The molecule has 0 amide bonds. The largest absolute Gasteiger partial charge is 0.399 e. The highest BCUT2D eigenvalue weighted by molar-refractivity contribution is 5.80. The summed E-state index contributed by atoms with van der Waals surface area (Å²) in [6.45, 7) is 3.63. The van der Waals surface area contributed by atoms with Gasteiger partial charge in [0.15, 0.2) is 0 Å². The molecule has 1 aromatic rings. The number of rotatable bonds is 6. The van der Waals surface area contributed by atoms with E-state index in [4.69, 9.17) is 5.73 Å². The van der Waals surface area contributed by atoms with Crippen molar-refractivity contribution < 1.29 is 4.79 Å². The Morgan fingerprint density at radius 2 is 2.00 bits per heavy atom. The fourth-order valence-corrected chi connectivity index (χ4v) is 1.40. The van der Waals surface area contributed by atoms with Gasteiger partial charge in [0, 0.05) is 18.5 Å². The molecule has 1 aromatic carbocycles. The quantitative estimate of drug-likeness (QED) is 0.439. The van der Waals surface area contributed by atoms with Gasteiger partial charge in [0.2, 0.25) is 0 Å². The number of nitrogen functional groups attached to an aromatic ring is 1. The summed E-state index contributed by atoms with van der Waals surface area (Å²) in [4.78, 5) is 11.5. The zero-order valence-corrected chi connectivity index (χ0v) is 8.91. The first-order valence-electron chi connectivity index (χ1n) is 5.19. The summed E-state index contributed by atoms with van der Waals surface area (Å²) in [6, 6.07) is 7.46. The Hall–Kier alpha value is -1.57. The van der Waals surface area contributed by atoms with E-state index < -0.39 is 0 Å². The first kappa shape index (κ1) is 11.5. The van der Waals surface area contributed by atoms with Gasteiger partial charge in [-0.25, -0.2) is 0 Å². The van der Waals surface area contributed by atoms with Crippen LogP contribution in [0, 0.1) is 0 Å². The lowest BCUT2D eigenvalue weighted by atomic mass is 10.0. The van der Waals surface area contributed by atoms with Crippen LogP contribution in [0.5, 0.6) is 0 Å². The van der Waals surface area contributed by atoms with Gasteiger partial charge in [0.25, 0.3) is 0 Å². The van der Waals surface area contributed by atoms with E-state index in [0.717, 1.165) is 24.1 Å². The van der Waals surface area contributed by atoms with Crippen molar-refractivity contribution in [1.82, 2.24) is 0 Å². The first-order chi connectivity index (χ1) is 7.22. The standard InChI is InChI=1S/C13H17NO/c1-2-3-4-5-13(15)10-11-6-8-12(14)9-7-11/h2,6-9H,1,3-5,10,14H2. The van der Waals surface area contributed by atoms with Crippen LogP contribution in [0.25, 0.3) is 0 Å². The maximum Gasteiger partial charge on any atom is 0.137 e. The number of carbonyl (C=O) groups excluding carboxylic acids is 1. The minimum absolute atomic E-state index is 0.279. The van der Waals surface area contributed by atoms with Crippen LogP contribution in [0.15, 0.2) is 36.9 Å². The number of allylic oxidation sites excluding steroid dienone is 1. The van der Waals surface area contributed by atoms with Crippen molar-refractivity contribution in [3.8, 4) is 0 Å². The Labute approximate surface area is 90.8 Å². The molecule has 0 unspecified atom stereocenters. The number of anilines is 1. The third kappa shape index (κ3) is 4.45. The molecule has 1 rings (SSSR count). The highest BCUT2D eigenvalue weighted by atomic mass is 16.1. The fraction of sp³-hybridized carbons (Fsp3) is 0.308. The van der Waals surface area contributed by atoms with Crippen LogP contribution in [-0.4, -0.2) is 5.78 Å². The Balaban J connectivity index is 2.37. The third-order valence-corrected chi connectivity index (χ3v) is 2.24. The average molecular weight is 203 g/mol. The summed E-state index contributed by atoms with van der Waals surface area (Å²) in [5, 5.41) is 0. The molecule has 0 aliphatic heterocycles. The number of carbonyl (C=O) groups is 1. The molecular formula is C13H17NO. The molecule has 0 atom stereocenters. The second-order valence-electron chi connectivity index (χ2n) is 3.64. The highest BCUT2D eigenvalue weighted by Crippen LogP contribution is 2.08. The fourth-order valence-electron chi connectivity index (χ4n) is 1.40. The van der Waals surface area contributed by atoms with Crippen molar-refractivity contribution in [3.63, 3.8) is 0 Å². The van der Waals surface area contributed by atoms with Gasteiger partial charge in [-0.05, 0) is 30.5 Å². The average Bonchev–Trinajstić information content (AvgIpc) is 2.22. The first-order valence-corrected chi connectivity index (χ1v) is 5.19. The molecule has 15 heavy (non-hydrogen) atoms. The second-order valence-corrected chi connectivity index (χ2v) is 3.64. The van der Waals surface area contributed by atoms with E-state index in [1.54, 1.807) is 0 Å². The summed E-state index contributed by atoms with van der Waals surface area (Å²) in [5.74, 6) is 0.279. The van der Waals surface area contributed by atoms with Crippen molar-refractivity contribution in [2.75, 3.05) is 5.73 Å². The molecule has 0 radical (unpaired) electrons. The summed E-state index contributed by atoms with van der Waals surface area (Å²) >= 11 is 0. The van der Waals surface area contributed by atoms with Crippen molar-refractivity contribution in [1.29, 1.82) is 0 Å². The van der Waals surface area contributed by atoms with Gasteiger partial charge in [-0.2, -0.15) is 0 Å². The van der Waals surface area contributed by atoms with Gasteiger partial charge in [0.05, 0.1) is 0 Å². The van der Waals surface area contributed by atoms with Gasteiger partial charge in [-0.1, -0.05) is 18.2 Å². The number of hydrogen-bond donors (Lipinski definition) is 1. The number of benzene rings is 1. The lowest BCUT2D eigenvalue weighted by molar-refractivity contribution is -0.118. The van der Waals surface area contributed by atoms with E-state index in [1.807, 2.05) is 30.3 Å². The van der Waals surface area contributed by atoms with Crippen LogP contribution in [-0.2, 0) is 11.2 Å². The van der Waals surface area contributed by atoms with Gasteiger partial charge in [0.1, 0.15) is 5.78 Å². The molecule has 2 N–H and O–H groups in total. The predicted octanol–water partition coefficient (Wildman–Crippen LogP) is 2.74. The number of Topliss-reactive ketones (excluding diaryl/α,β-unsaturated/α-hetero) is 1. The monoisotopic (exact) mass is 203 g/mol. The second kappa shape index (κ2) is 6.02. The molecule has 0 saturated heterocycles. The van der Waals surface area contributed by atoms with Crippen LogP contribution in [0.3, 0.4) is 0 Å². The van der Waals surface area contributed by atoms with Crippen molar-refractivity contribution in [3.05, 3.63) is 42.5 Å². The van der Waals surface area contributed by atoms with Gasteiger partial charge >= 0.3 is 0 Å². The van der Waals surface area contributed by atoms with E-state index in [-0.39, 0.29) is 5.78 Å². The van der Waals surface area contributed by atoms with E-state index in [2.05, 4.69) is 6.58 Å².